The average Bonchev–Trinajstić information content (AvgIpc) is 2.28. The van der Waals surface area contributed by atoms with Gasteiger partial charge in [0.1, 0.15) is 0 Å². The lowest BCUT2D eigenvalue weighted by Gasteiger charge is -2.18. The largest absolute Gasteiger partial charge is 0.344 e. The molecule has 1 aliphatic rings. The van der Waals surface area contributed by atoms with Crippen LogP contribution < -0.4 is 5.73 Å². The second kappa shape index (κ2) is 4.23. The highest BCUT2D eigenvalue weighted by Crippen LogP contribution is 2.01. The summed E-state index contributed by atoms with van der Waals surface area (Å²) in [5, 5.41) is 0. The lowest BCUT2D eigenvalue weighted by molar-refractivity contribution is -0.137. The number of likely N-dealkylation sites (N-methyl/N-ethyl adjacent to an activating group) is 1. The SMILES string of the molecule is CN1CCCN(C(=O)CN)CC1=O. The van der Waals surface area contributed by atoms with Gasteiger partial charge in [-0.1, -0.05) is 0 Å². The molecule has 1 saturated heterocycles. The zero-order valence-corrected chi connectivity index (χ0v) is 7.82. The highest BCUT2D eigenvalue weighted by atomic mass is 16.2. The second-order valence-electron chi connectivity index (χ2n) is 3.19. The van der Waals surface area contributed by atoms with Crippen LogP contribution in [0.5, 0.6) is 0 Å². The molecule has 13 heavy (non-hydrogen) atoms. The number of rotatable bonds is 1. The van der Waals surface area contributed by atoms with Crippen LogP contribution in [0.15, 0.2) is 0 Å². The third-order valence-electron chi connectivity index (χ3n) is 2.20. The highest BCUT2D eigenvalue weighted by Gasteiger charge is 2.21. The summed E-state index contributed by atoms with van der Waals surface area (Å²) in [6, 6.07) is 0. The van der Waals surface area contributed by atoms with Crippen LogP contribution in [0.4, 0.5) is 0 Å². The van der Waals surface area contributed by atoms with Crippen molar-refractivity contribution in [2.45, 2.75) is 6.42 Å². The lowest BCUT2D eigenvalue weighted by atomic mass is 10.4. The molecule has 0 unspecified atom stereocenters. The topological polar surface area (TPSA) is 66.6 Å². The van der Waals surface area contributed by atoms with Gasteiger partial charge in [0.15, 0.2) is 0 Å². The molecule has 2 amide bonds. The van der Waals surface area contributed by atoms with E-state index in [4.69, 9.17) is 5.73 Å². The third kappa shape index (κ3) is 2.42. The number of nitrogens with zero attached hydrogens (tertiary/aromatic N) is 2. The van der Waals surface area contributed by atoms with Gasteiger partial charge in [-0.3, -0.25) is 9.59 Å². The van der Waals surface area contributed by atoms with Crippen LogP contribution in [0.25, 0.3) is 0 Å². The molecule has 2 N–H and O–H groups in total. The molecule has 1 aliphatic heterocycles. The Morgan fingerprint density at radius 1 is 1.54 bits per heavy atom. The van der Waals surface area contributed by atoms with Gasteiger partial charge in [-0.15, -0.1) is 0 Å². The first-order valence-electron chi connectivity index (χ1n) is 4.37. The van der Waals surface area contributed by atoms with Crippen molar-refractivity contribution in [3.63, 3.8) is 0 Å². The minimum atomic E-state index is -0.149. The van der Waals surface area contributed by atoms with E-state index >= 15 is 0 Å². The first-order valence-corrected chi connectivity index (χ1v) is 4.37. The summed E-state index contributed by atoms with van der Waals surface area (Å²) in [5.41, 5.74) is 5.22. The van der Waals surface area contributed by atoms with Crippen LogP contribution in [0.2, 0.25) is 0 Å². The summed E-state index contributed by atoms with van der Waals surface area (Å²) in [4.78, 5) is 25.7. The Morgan fingerprint density at radius 3 is 2.85 bits per heavy atom. The van der Waals surface area contributed by atoms with Gasteiger partial charge < -0.3 is 15.5 Å². The molecular formula is C8H15N3O2. The van der Waals surface area contributed by atoms with Crippen LogP contribution in [-0.2, 0) is 9.59 Å². The molecule has 0 spiro atoms. The van der Waals surface area contributed by atoms with Crippen molar-refractivity contribution in [3.05, 3.63) is 0 Å². The standard InChI is InChI=1S/C8H15N3O2/c1-10-3-2-4-11(6-8(10)13)7(12)5-9/h2-6,9H2,1H3. The first kappa shape index (κ1) is 9.98. The van der Waals surface area contributed by atoms with E-state index in [1.165, 1.54) is 4.90 Å². The van der Waals surface area contributed by atoms with Crippen molar-refractivity contribution >= 4 is 11.8 Å². The van der Waals surface area contributed by atoms with Crippen LogP contribution in [-0.4, -0.2) is 54.8 Å². The number of amides is 2. The van der Waals surface area contributed by atoms with Gasteiger partial charge in [0.05, 0.1) is 13.1 Å². The molecule has 0 aromatic rings. The van der Waals surface area contributed by atoms with Crippen LogP contribution in [0.1, 0.15) is 6.42 Å². The zero-order valence-electron chi connectivity index (χ0n) is 7.82. The number of carbonyl (C=O) groups excluding carboxylic acids is 2. The van der Waals surface area contributed by atoms with Crippen molar-refractivity contribution in [3.8, 4) is 0 Å². The summed E-state index contributed by atoms with van der Waals surface area (Å²) in [7, 11) is 1.75. The molecule has 5 nitrogen and oxygen atoms in total. The van der Waals surface area contributed by atoms with E-state index in [-0.39, 0.29) is 24.9 Å². The Bertz CT molecular complexity index is 217. The number of nitrogens with two attached hydrogens (primary N) is 1. The molecule has 1 heterocycles. The summed E-state index contributed by atoms with van der Waals surface area (Å²) in [6.07, 6.45) is 0.827. The van der Waals surface area contributed by atoms with Gasteiger partial charge in [-0.25, -0.2) is 0 Å². The summed E-state index contributed by atoms with van der Waals surface area (Å²) in [6.45, 7) is 1.50. The molecule has 0 aromatic carbocycles. The van der Waals surface area contributed by atoms with Crippen LogP contribution >= 0.6 is 0 Å². The second-order valence-corrected chi connectivity index (χ2v) is 3.19. The smallest absolute Gasteiger partial charge is 0.241 e. The summed E-state index contributed by atoms with van der Waals surface area (Å²) < 4.78 is 0. The van der Waals surface area contributed by atoms with Crippen molar-refractivity contribution in [1.82, 2.24) is 9.80 Å². The predicted octanol–water partition coefficient (Wildman–Crippen LogP) is -1.36. The maximum absolute atomic E-state index is 11.3. The Hall–Kier alpha value is -1.10. The van der Waals surface area contributed by atoms with E-state index in [2.05, 4.69) is 0 Å². The van der Waals surface area contributed by atoms with Gasteiger partial charge in [-0.2, -0.15) is 0 Å². The predicted molar refractivity (Wildman–Crippen MR) is 47.9 cm³/mol. The minimum Gasteiger partial charge on any atom is -0.344 e. The normalized spacial score (nSPS) is 18.8. The molecule has 1 rings (SSSR count). The van der Waals surface area contributed by atoms with Crippen molar-refractivity contribution in [2.24, 2.45) is 5.73 Å². The maximum Gasteiger partial charge on any atom is 0.241 e. The zero-order chi connectivity index (χ0) is 9.84. The van der Waals surface area contributed by atoms with Crippen molar-refractivity contribution in [1.29, 1.82) is 0 Å². The molecular weight excluding hydrogens is 170 g/mol. The van der Waals surface area contributed by atoms with Crippen LogP contribution in [0, 0.1) is 0 Å². The molecule has 0 aliphatic carbocycles. The van der Waals surface area contributed by atoms with Crippen LogP contribution in [0.3, 0.4) is 0 Å². The van der Waals surface area contributed by atoms with Gasteiger partial charge >= 0.3 is 0 Å². The van der Waals surface area contributed by atoms with E-state index in [0.29, 0.717) is 13.1 Å². The van der Waals surface area contributed by atoms with E-state index in [9.17, 15) is 9.59 Å². The fourth-order valence-electron chi connectivity index (χ4n) is 1.33. The molecule has 5 heteroatoms. The molecule has 0 aromatic heterocycles. The molecule has 0 radical (unpaired) electrons. The molecule has 1 fully saturated rings. The highest BCUT2D eigenvalue weighted by molar-refractivity contribution is 5.85. The van der Waals surface area contributed by atoms with E-state index < -0.39 is 0 Å². The van der Waals surface area contributed by atoms with Crippen molar-refractivity contribution < 1.29 is 9.59 Å². The summed E-state index contributed by atoms with van der Waals surface area (Å²) in [5.74, 6) is -0.164. The monoisotopic (exact) mass is 185 g/mol. The fourth-order valence-corrected chi connectivity index (χ4v) is 1.33. The summed E-state index contributed by atoms with van der Waals surface area (Å²) >= 11 is 0. The Kier molecular flexibility index (Phi) is 3.25. The van der Waals surface area contributed by atoms with E-state index in [1.807, 2.05) is 0 Å². The molecule has 74 valence electrons. The third-order valence-corrected chi connectivity index (χ3v) is 2.20. The molecule has 0 bridgehead atoms. The Labute approximate surface area is 77.5 Å². The lowest BCUT2D eigenvalue weighted by Crippen LogP contribution is -2.40. The average molecular weight is 185 g/mol. The number of carbonyl (C=O) groups is 2. The maximum atomic E-state index is 11.3. The first-order chi connectivity index (χ1) is 6.15. The Morgan fingerprint density at radius 2 is 2.23 bits per heavy atom. The fraction of sp³-hybridized carbons (Fsp3) is 0.750. The van der Waals surface area contributed by atoms with Gasteiger partial charge in [0.2, 0.25) is 11.8 Å². The number of hydrogen-bond acceptors (Lipinski definition) is 3. The Balaban J connectivity index is 2.59. The van der Waals surface area contributed by atoms with Crippen molar-refractivity contribution in [2.75, 3.05) is 33.2 Å². The van der Waals surface area contributed by atoms with Gasteiger partial charge in [-0.05, 0) is 6.42 Å². The van der Waals surface area contributed by atoms with E-state index in [1.54, 1.807) is 11.9 Å². The van der Waals surface area contributed by atoms with Gasteiger partial charge in [0.25, 0.3) is 0 Å². The minimum absolute atomic E-state index is 0.0145. The quantitative estimate of drug-likeness (QED) is 0.548. The van der Waals surface area contributed by atoms with E-state index in [0.717, 1.165) is 6.42 Å². The molecule has 0 atom stereocenters. The number of hydrogen-bond donors (Lipinski definition) is 1. The molecule has 0 saturated carbocycles. The van der Waals surface area contributed by atoms with Gasteiger partial charge in [0, 0.05) is 20.1 Å².